The molecule has 4 nitrogen and oxygen atoms in total. The van der Waals surface area contributed by atoms with Crippen LogP contribution in [0.1, 0.15) is 12.8 Å². The summed E-state index contributed by atoms with van der Waals surface area (Å²) in [5.41, 5.74) is 0. The van der Waals surface area contributed by atoms with Gasteiger partial charge in [0.1, 0.15) is 0 Å². The van der Waals surface area contributed by atoms with Crippen LogP contribution in [0, 0.1) is 12.2 Å². The Morgan fingerprint density at radius 2 is 2.44 bits per heavy atom. The number of rotatable bonds is 2. The number of hydrogen-bond acceptors (Lipinski definition) is 3. The van der Waals surface area contributed by atoms with Gasteiger partial charge in [0.15, 0.2) is 0 Å². The molecule has 0 amide bonds. The van der Waals surface area contributed by atoms with Crippen molar-refractivity contribution in [1.29, 1.82) is 0 Å². The van der Waals surface area contributed by atoms with Crippen LogP contribution in [0.3, 0.4) is 0 Å². The Bertz CT molecular complexity index is 177. The Kier molecular flexibility index (Phi) is 0.974. The van der Waals surface area contributed by atoms with E-state index in [1.165, 1.54) is 12.8 Å². The van der Waals surface area contributed by atoms with Crippen LogP contribution in [0.2, 0.25) is 0 Å². The molecule has 1 heterocycles. The molecule has 1 aromatic heterocycles. The first-order valence-electron chi connectivity index (χ1n) is 3.09. The van der Waals surface area contributed by atoms with Crippen LogP contribution >= 0.6 is 0 Å². The zero-order valence-electron chi connectivity index (χ0n) is 4.99. The molecule has 0 saturated heterocycles. The van der Waals surface area contributed by atoms with Crippen molar-refractivity contribution in [2.75, 3.05) is 0 Å². The summed E-state index contributed by atoms with van der Waals surface area (Å²) in [4.78, 5) is 1.59. The van der Waals surface area contributed by atoms with Gasteiger partial charge < -0.3 is 0 Å². The van der Waals surface area contributed by atoms with E-state index in [1.807, 2.05) is 0 Å². The molecule has 1 fully saturated rings. The molecule has 1 saturated carbocycles. The van der Waals surface area contributed by atoms with Crippen LogP contribution in [0.25, 0.3) is 0 Å². The SMILES string of the molecule is [c]1nnn(CC2CC2)n1. The fourth-order valence-electron chi connectivity index (χ4n) is 0.772. The molecule has 4 heteroatoms. The van der Waals surface area contributed by atoms with Gasteiger partial charge in [-0.25, -0.2) is 0 Å². The second-order valence-electron chi connectivity index (χ2n) is 2.39. The monoisotopic (exact) mass is 123 g/mol. The van der Waals surface area contributed by atoms with Crippen LogP contribution in [0.4, 0.5) is 0 Å². The van der Waals surface area contributed by atoms with Crippen molar-refractivity contribution in [2.45, 2.75) is 19.4 Å². The zero-order valence-corrected chi connectivity index (χ0v) is 4.99. The van der Waals surface area contributed by atoms with Crippen molar-refractivity contribution in [3.8, 4) is 0 Å². The van der Waals surface area contributed by atoms with Gasteiger partial charge in [-0.3, -0.25) is 0 Å². The first-order chi connectivity index (χ1) is 4.45. The lowest BCUT2D eigenvalue weighted by Crippen LogP contribution is -2.03. The fraction of sp³-hybridized carbons (Fsp3) is 0.800. The molecule has 1 aliphatic rings. The van der Waals surface area contributed by atoms with Gasteiger partial charge in [-0.1, -0.05) is 0 Å². The zero-order chi connectivity index (χ0) is 6.10. The lowest BCUT2D eigenvalue weighted by atomic mass is 10.4. The number of tetrazole rings is 1. The first kappa shape index (κ1) is 4.90. The van der Waals surface area contributed by atoms with Gasteiger partial charge in [-0.2, -0.15) is 4.80 Å². The Morgan fingerprint density at radius 1 is 1.56 bits per heavy atom. The summed E-state index contributed by atoms with van der Waals surface area (Å²) in [6.45, 7) is 0.927. The molecule has 0 unspecified atom stereocenters. The summed E-state index contributed by atoms with van der Waals surface area (Å²) in [7, 11) is 0. The fourth-order valence-corrected chi connectivity index (χ4v) is 0.772. The standard InChI is InChI=1S/C5H7N4/c1-2-5(1)3-9-7-4-6-8-9/h5H,1-3H2. The summed E-state index contributed by atoms with van der Waals surface area (Å²) < 4.78 is 0. The van der Waals surface area contributed by atoms with E-state index in [9.17, 15) is 0 Å². The van der Waals surface area contributed by atoms with Crippen LogP contribution in [-0.2, 0) is 6.54 Å². The minimum Gasteiger partial charge on any atom is -0.163 e. The molecule has 1 aliphatic carbocycles. The minimum atomic E-state index is 0.813. The van der Waals surface area contributed by atoms with E-state index in [4.69, 9.17) is 0 Å². The first-order valence-corrected chi connectivity index (χ1v) is 3.09. The van der Waals surface area contributed by atoms with E-state index >= 15 is 0 Å². The maximum atomic E-state index is 3.77. The molecular formula is C5H7N4. The summed E-state index contributed by atoms with van der Waals surface area (Å²) >= 11 is 0. The third kappa shape index (κ3) is 1.06. The highest BCUT2D eigenvalue weighted by Gasteiger charge is 2.22. The van der Waals surface area contributed by atoms with E-state index in [-0.39, 0.29) is 0 Å². The number of hydrogen-bond donors (Lipinski definition) is 0. The smallest absolute Gasteiger partial charge is 0.163 e. The van der Waals surface area contributed by atoms with Gasteiger partial charge >= 0.3 is 0 Å². The molecule has 0 bridgehead atoms. The molecule has 47 valence electrons. The van der Waals surface area contributed by atoms with E-state index in [2.05, 4.69) is 21.7 Å². The predicted octanol–water partition coefficient (Wildman–Crippen LogP) is -0.117. The van der Waals surface area contributed by atoms with Crippen molar-refractivity contribution in [2.24, 2.45) is 5.92 Å². The topological polar surface area (TPSA) is 43.6 Å². The molecule has 1 radical (unpaired) electrons. The largest absolute Gasteiger partial charge is 0.245 e. The lowest BCUT2D eigenvalue weighted by Gasteiger charge is -1.90. The van der Waals surface area contributed by atoms with Gasteiger partial charge in [-0.05, 0) is 24.0 Å². The van der Waals surface area contributed by atoms with Crippen molar-refractivity contribution < 1.29 is 0 Å². The van der Waals surface area contributed by atoms with Gasteiger partial charge in [0, 0.05) is 0 Å². The van der Waals surface area contributed by atoms with Crippen LogP contribution in [0.15, 0.2) is 0 Å². The van der Waals surface area contributed by atoms with Crippen molar-refractivity contribution >= 4 is 0 Å². The Labute approximate surface area is 52.9 Å². The third-order valence-corrected chi connectivity index (χ3v) is 1.47. The van der Waals surface area contributed by atoms with E-state index < -0.39 is 0 Å². The average molecular weight is 123 g/mol. The molecule has 0 N–H and O–H groups in total. The quantitative estimate of drug-likeness (QED) is 0.550. The maximum absolute atomic E-state index is 3.77. The van der Waals surface area contributed by atoms with E-state index in [1.54, 1.807) is 4.80 Å². The van der Waals surface area contributed by atoms with Crippen molar-refractivity contribution in [3.05, 3.63) is 6.33 Å². The number of aromatic nitrogens is 4. The molecule has 1 aromatic rings. The van der Waals surface area contributed by atoms with E-state index in [0.717, 1.165) is 12.5 Å². The van der Waals surface area contributed by atoms with Crippen LogP contribution < -0.4 is 0 Å². The van der Waals surface area contributed by atoms with Gasteiger partial charge in [0.25, 0.3) is 0 Å². The van der Waals surface area contributed by atoms with Gasteiger partial charge in [0.05, 0.1) is 6.54 Å². The van der Waals surface area contributed by atoms with Crippen LogP contribution in [0.5, 0.6) is 0 Å². The highest BCUT2D eigenvalue weighted by Crippen LogP contribution is 2.29. The predicted molar refractivity (Wildman–Crippen MR) is 29.4 cm³/mol. The molecule has 0 aliphatic heterocycles. The maximum Gasteiger partial charge on any atom is 0.245 e. The normalized spacial score (nSPS) is 18.2. The summed E-state index contributed by atoms with van der Waals surface area (Å²) in [6, 6.07) is 0. The Balaban J connectivity index is 1.99. The second-order valence-corrected chi connectivity index (χ2v) is 2.39. The highest BCUT2D eigenvalue weighted by atomic mass is 15.6. The van der Waals surface area contributed by atoms with Gasteiger partial charge in [-0.15, -0.1) is 10.2 Å². The van der Waals surface area contributed by atoms with Gasteiger partial charge in [0.2, 0.25) is 6.33 Å². The highest BCUT2D eigenvalue weighted by molar-refractivity contribution is 4.71. The molecule has 0 aromatic carbocycles. The Morgan fingerprint density at radius 3 is 3.00 bits per heavy atom. The van der Waals surface area contributed by atoms with E-state index in [0.29, 0.717) is 0 Å². The van der Waals surface area contributed by atoms with Crippen molar-refractivity contribution in [1.82, 2.24) is 20.2 Å². The molecular weight excluding hydrogens is 116 g/mol. The van der Waals surface area contributed by atoms with Crippen molar-refractivity contribution in [3.63, 3.8) is 0 Å². The summed E-state index contributed by atoms with van der Waals surface area (Å²) in [6.07, 6.45) is 5.06. The average Bonchev–Trinajstić information content (AvgIpc) is 2.46. The molecule has 0 spiro atoms. The van der Waals surface area contributed by atoms with Crippen LogP contribution in [-0.4, -0.2) is 20.2 Å². The second kappa shape index (κ2) is 1.79. The molecule has 0 atom stereocenters. The third-order valence-electron chi connectivity index (χ3n) is 1.47. The molecule has 9 heavy (non-hydrogen) atoms. The minimum absolute atomic E-state index is 0.813. The Hall–Kier alpha value is -0.930. The molecule has 2 rings (SSSR count). The summed E-state index contributed by atoms with van der Waals surface area (Å²) in [5, 5.41) is 10.9. The lowest BCUT2D eigenvalue weighted by molar-refractivity contribution is 0.486. The summed E-state index contributed by atoms with van der Waals surface area (Å²) in [5.74, 6) is 0.813. The number of nitrogens with zero attached hydrogens (tertiary/aromatic N) is 4.